The fourth-order valence-corrected chi connectivity index (χ4v) is 3.06. The number of aryl methyl sites for hydroxylation is 1. The van der Waals surface area contributed by atoms with Crippen molar-refractivity contribution in [3.05, 3.63) is 16.9 Å². The third-order valence-electron chi connectivity index (χ3n) is 3.76. The van der Waals surface area contributed by atoms with Crippen molar-refractivity contribution >= 4 is 11.6 Å². The molecule has 1 aliphatic rings. The zero-order valence-electron chi connectivity index (χ0n) is 11.0. The molecule has 0 spiro atoms. The second-order valence-corrected chi connectivity index (χ2v) is 5.44. The zero-order valence-corrected chi connectivity index (χ0v) is 11.8. The first kappa shape index (κ1) is 13.8. The van der Waals surface area contributed by atoms with E-state index in [0.29, 0.717) is 17.9 Å². The summed E-state index contributed by atoms with van der Waals surface area (Å²) >= 11 is 6.20. The standard InChI is InChI=1S/C13H21ClN2O2/c1-3-8-16-12(11(14)9-15-16)13(17)6-4-10(18-2)5-7-13/h9-10,17H,3-8H2,1-2H3. The fraction of sp³-hybridized carbons (Fsp3) is 0.769. The van der Waals surface area contributed by atoms with Crippen molar-refractivity contribution in [2.75, 3.05) is 7.11 Å². The number of aromatic nitrogens is 2. The van der Waals surface area contributed by atoms with Crippen LogP contribution >= 0.6 is 11.6 Å². The number of halogens is 1. The molecule has 1 aliphatic carbocycles. The minimum atomic E-state index is -0.849. The molecule has 0 saturated heterocycles. The molecule has 5 heteroatoms. The minimum absolute atomic E-state index is 0.256. The van der Waals surface area contributed by atoms with Gasteiger partial charge in [-0.15, -0.1) is 0 Å². The number of aliphatic hydroxyl groups is 1. The van der Waals surface area contributed by atoms with Gasteiger partial charge in [0.15, 0.2) is 0 Å². The molecule has 0 amide bonds. The Labute approximate surface area is 113 Å². The molecule has 4 nitrogen and oxygen atoms in total. The Morgan fingerprint density at radius 2 is 2.22 bits per heavy atom. The fourth-order valence-electron chi connectivity index (χ4n) is 2.75. The summed E-state index contributed by atoms with van der Waals surface area (Å²) in [6.07, 6.45) is 5.95. The highest BCUT2D eigenvalue weighted by Gasteiger charge is 2.39. The van der Waals surface area contributed by atoms with Gasteiger partial charge in [0.05, 0.1) is 23.0 Å². The molecule has 1 N–H and O–H groups in total. The highest BCUT2D eigenvalue weighted by molar-refractivity contribution is 6.31. The van der Waals surface area contributed by atoms with Crippen LogP contribution in [-0.2, 0) is 16.9 Å². The van der Waals surface area contributed by atoms with E-state index in [1.54, 1.807) is 13.3 Å². The van der Waals surface area contributed by atoms with Crippen LogP contribution in [0.2, 0.25) is 5.02 Å². The molecule has 0 unspecified atom stereocenters. The second-order valence-electron chi connectivity index (χ2n) is 5.03. The lowest BCUT2D eigenvalue weighted by Crippen LogP contribution is -2.36. The molecule has 0 aliphatic heterocycles. The van der Waals surface area contributed by atoms with Gasteiger partial charge < -0.3 is 9.84 Å². The van der Waals surface area contributed by atoms with Crippen LogP contribution in [0.3, 0.4) is 0 Å². The predicted molar refractivity (Wildman–Crippen MR) is 70.7 cm³/mol. The molecule has 1 heterocycles. The van der Waals surface area contributed by atoms with E-state index < -0.39 is 5.60 Å². The summed E-state index contributed by atoms with van der Waals surface area (Å²) in [6.45, 7) is 2.88. The van der Waals surface area contributed by atoms with Crippen LogP contribution in [-0.4, -0.2) is 28.1 Å². The Kier molecular flexibility index (Phi) is 4.30. The van der Waals surface area contributed by atoms with Crippen molar-refractivity contribution in [2.24, 2.45) is 0 Å². The highest BCUT2D eigenvalue weighted by atomic mass is 35.5. The molecule has 102 valence electrons. The van der Waals surface area contributed by atoms with Gasteiger partial charge in [-0.3, -0.25) is 4.68 Å². The number of ether oxygens (including phenoxy) is 1. The van der Waals surface area contributed by atoms with Gasteiger partial charge in [-0.05, 0) is 32.1 Å². The summed E-state index contributed by atoms with van der Waals surface area (Å²) in [4.78, 5) is 0. The lowest BCUT2D eigenvalue weighted by atomic mass is 9.81. The van der Waals surface area contributed by atoms with Gasteiger partial charge in [0.2, 0.25) is 0 Å². The number of rotatable bonds is 4. The van der Waals surface area contributed by atoms with E-state index in [1.807, 2.05) is 4.68 Å². The highest BCUT2D eigenvalue weighted by Crippen LogP contribution is 2.40. The first-order valence-electron chi connectivity index (χ1n) is 6.57. The molecule has 1 aromatic heterocycles. The van der Waals surface area contributed by atoms with Crippen LogP contribution in [0.4, 0.5) is 0 Å². The van der Waals surface area contributed by atoms with Crippen LogP contribution in [0.5, 0.6) is 0 Å². The smallest absolute Gasteiger partial charge is 0.108 e. The van der Waals surface area contributed by atoms with Crippen molar-refractivity contribution < 1.29 is 9.84 Å². The molecule has 1 aromatic rings. The molecule has 0 aromatic carbocycles. The normalized spacial score (nSPS) is 28.6. The summed E-state index contributed by atoms with van der Waals surface area (Å²) in [5.41, 5.74) is -0.0711. The maximum absolute atomic E-state index is 10.8. The Hall–Kier alpha value is -0.580. The number of methoxy groups -OCH3 is 1. The Morgan fingerprint density at radius 1 is 1.56 bits per heavy atom. The van der Waals surface area contributed by atoms with Gasteiger partial charge in [-0.2, -0.15) is 5.10 Å². The Morgan fingerprint density at radius 3 is 2.78 bits per heavy atom. The summed E-state index contributed by atoms with van der Waals surface area (Å²) in [7, 11) is 1.73. The van der Waals surface area contributed by atoms with Gasteiger partial charge in [0.1, 0.15) is 5.60 Å². The zero-order chi connectivity index (χ0) is 13.2. The minimum Gasteiger partial charge on any atom is -0.384 e. The molecule has 0 bridgehead atoms. The van der Waals surface area contributed by atoms with Crippen LogP contribution in [0.15, 0.2) is 6.20 Å². The lowest BCUT2D eigenvalue weighted by Gasteiger charge is -2.36. The third-order valence-corrected chi connectivity index (χ3v) is 4.04. The molecule has 1 fully saturated rings. The third kappa shape index (κ3) is 2.56. The summed E-state index contributed by atoms with van der Waals surface area (Å²) in [5.74, 6) is 0. The van der Waals surface area contributed by atoms with Crippen molar-refractivity contribution in [2.45, 2.75) is 57.3 Å². The molecule has 0 radical (unpaired) electrons. The predicted octanol–water partition coefficient (Wildman–Crippen LogP) is 2.72. The summed E-state index contributed by atoms with van der Waals surface area (Å²) < 4.78 is 7.19. The number of nitrogens with zero attached hydrogens (tertiary/aromatic N) is 2. The number of hydrogen-bond donors (Lipinski definition) is 1. The van der Waals surface area contributed by atoms with E-state index >= 15 is 0 Å². The van der Waals surface area contributed by atoms with Gasteiger partial charge in [0, 0.05) is 13.7 Å². The molecular weight excluding hydrogens is 252 g/mol. The quantitative estimate of drug-likeness (QED) is 0.917. The molecule has 2 rings (SSSR count). The number of hydrogen-bond acceptors (Lipinski definition) is 3. The van der Waals surface area contributed by atoms with E-state index in [2.05, 4.69) is 12.0 Å². The first-order valence-corrected chi connectivity index (χ1v) is 6.95. The van der Waals surface area contributed by atoms with E-state index in [-0.39, 0.29) is 6.10 Å². The van der Waals surface area contributed by atoms with Crippen LogP contribution in [0.25, 0.3) is 0 Å². The van der Waals surface area contributed by atoms with Gasteiger partial charge >= 0.3 is 0 Å². The van der Waals surface area contributed by atoms with Crippen molar-refractivity contribution in [1.82, 2.24) is 9.78 Å². The first-order chi connectivity index (χ1) is 8.60. The van der Waals surface area contributed by atoms with E-state index in [1.165, 1.54) is 0 Å². The van der Waals surface area contributed by atoms with Gasteiger partial charge in [-0.1, -0.05) is 18.5 Å². The van der Waals surface area contributed by atoms with Crippen molar-refractivity contribution in [3.63, 3.8) is 0 Å². The van der Waals surface area contributed by atoms with Crippen LogP contribution in [0, 0.1) is 0 Å². The SMILES string of the molecule is CCCn1ncc(Cl)c1C1(O)CCC(OC)CC1. The molecular formula is C13H21ClN2O2. The average Bonchev–Trinajstić information content (AvgIpc) is 2.73. The van der Waals surface area contributed by atoms with Crippen LogP contribution in [0.1, 0.15) is 44.7 Å². The summed E-state index contributed by atoms with van der Waals surface area (Å²) in [6, 6.07) is 0. The van der Waals surface area contributed by atoms with E-state index in [4.69, 9.17) is 16.3 Å². The Balaban J connectivity index is 2.22. The van der Waals surface area contributed by atoms with Crippen molar-refractivity contribution in [1.29, 1.82) is 0 Å². The van der Waals surface area contributed by atoms with Gasteiger partial charge in [0.25, 0.3) is 0 Å². The molecule has 0 atom stereocenters. The van der Waals surface area contributed by atoms with Crippen molar-refractivity contribution in [3.8, 4) is 0 Å². The largest absolute Gasteiger partial charge is 0.384 e. The Bertz CT molecular complexity index is 398. The summed E-state index contributed by atoms with van der Waals surface area (Å²) in [5, 5.41) is 15.7. The monoisotopic (exact) mass is 272 g/mol. The van der Waals surface area contributed by atoms with Gasteiger partial charge in [-0.25, -0.2) is 0 Å². The molecule has 1 saturated carbocycles. The lowest BCUT2D eigenvalue weighted by molar-refractivity contribution is -0.0526. The molecule has 18 heavy (non-hydrogen) atoms. The topological polar surface area (TPSA) is 47.3 Å². The van der Waals surface area contributed by atoms with E-state index in [9.17, 15) is 5.11 Å². The maximum atomic E-state index is 10.8. The van der Waals surface area contributed by atoms with E-state index in [0.717, 1.165) is 31.5 Å². The second kappa shape index (κ2) is 5.59. The maximum Gasteiger partial charge on any atom is 0.108 e. The van der Waals surface area contributed by atoms with Crippen LogP contribution < -0.4 is 0 Å². The average molecular weight is 273 g/mol.